The van der Waals surface area contributed by atoms with E-state index in [0.29, 0.717) is 22.0 Å². The first kappa shape index (κ1) is 23.7. The van der Waals surface area contributed by atoms with Crippen LogP contribution in [0.25, 0.3) is 22.2 Å². The van der Waals surface area contributed by atoms with Crippen LogP contribution < -0.4 is 11.1 Å². The van der Waals surface area contributed by atoms with Crippen LogP contribution in [0.5, 0.6) is 0 Å². The number of nitrogens with zero attached hydrogens (tertiary/aromatic N) is 1. The highest BCUT2D eigenvalue weighted by molar-refractivity contribution is 9.10. The Bertz CT molecular complexity index is 1480. The van der Waals surface area contributed by atoms with Crippen LogP contribution in [-0.2, 0) is 12.8 Å². The molecule has 4 aromatic rings. The van der Waals surface area contributed by atoms with Crippen molar-refractivity contribution in [3.63, 3.8) is 0 Å². The number of hydrogen-bond acceptors (Lipinski definition) is 4. The number of pyridine rings is 1. The number of thiophene rings is 1. The maximum Gasteiger partial charge on any atom is 0.257 e. The van der Waals surface area contributed by atoms with Crippen molar-refractivity contribution in [2.75, 3.05) is 5.32 Å². The molecule has 0 bridgehead atoms. The van der Waals surface area contributed by atoms with Crippen molar-refractivity contribution >= 4 is 55.0 Å². The molecule has 35 heavy (non-hydrogen) atoms. The second kappa shape index (κ2) is 9.55. The Morgan fingerprint density at radius 1 is 1.20 bits per heavy atom. The Balaban J connectivity index is 1.59. The van der Waals surface area contributed by atoms with E-state index in [2.05, 4.69) is 34.2 Å². The summed E-state index contributed by atoms with van der Waals surface area (Å²) in [6.45, 7) is 4.22. The number of benzene rings is 2. The van der Waals surface area contributed by atoms with Gasteiger partial charge in [-0.2, -0.15) is 0 Å². The van der Waals surface area contributed by atoms with Gasteiger partial charge in [0, 0.05) is 20.3 Å². The van der Waals surface area contributed by atoms with Crippen molar-refractivity contribution in [1.82, 2.24) is 4.98 Å². The van der Waals surface area contributed by atoms with Crippen molar-refractivity contribution < 1.29 is 9.59 Å². The van der Waals surface area contributed by atoms with Crippen LogP contribution in [0.2, 0.25) is 0 Å². The van der Waals surface area contributed by atoms with Gasteiger partial charge in [-0.1, -0.05) is 53.0 Å². The molecule has 0 saturated heterocycles. The Kier molecular flexibility index (Phi) is 6.47. The predicted octanol–water partition coefficient (Wildman–Crippen LogP) is 6.90. The lowest BCUT2D eigenvalue weighted by atomic mass is 9.85. The molecule has 1 aliphatic rings. The molecule has 5 nitrogen and oxygen atoms in total. The highest BCUT2D eigenvalue weighted by atomic mass is 79.9. The molecular weight excluding hydrogens is 522 g/mol. The maximum absolute atomic E-state index is 13.7. The SMILES string of the molecule is CC[C@H]1CCc2c(sc(NC(=O)c3cc(-c4cccc(C)c4)nc4ccc(Br)cc34)c2C(N)=O)C1. The molecule has 0 spiro atoms. The quantitative estimate of drug-likeness (QED) is 0.285. The maximum atomic E-state index is 13.7. The number of carbonyl (C=O) groups excluding carboxylic acids is 2. The van der Waals surface area contributed by atoms with Crippen LogP contribution >= 0.6 is 27.3 Å². The van der Waals surface area contributed by atoms with Crippen LogP contribution in [0.15, 0.2) is 53.0 Å². The smallest absolute Gasteiger partial charge is 0.257 e. The molecule has 1 atom stereocenters. The average Bonchev–Trinajstić information content (AvgIpc) is 3.20. The summed E-state index contributed by atoms with van der Waals surface area (Å²) < 4.78 is 0.860. The number of halogens is 1. The van der Waals surface area contributed by atoms with Gasteiger partial charge in [-0.15, -0.1) is 11.3 Å². The summed E-state index contributed by atoms with van der Waals surface area (Å²) in [4.78, 5) is 32.1. The van der Waals surface area contributed by atoms with Gasteiger partial charge in [-0.3, -0.25) is 9.59 Å². The van der Waals surface area contributed by atoms with Gasteiger partial charge in [-0.05, 0) is 68.0 Å². The van der Waals surface area contributed by atoms with Crippen LogP contribution in [0.1, 0.15) is 56.5 Å². The largest absolute Gasteiger partial charge is 0.365 e. The third kappa shape index (κ3) is 4.62. The molecule has 1 aliphatic carbocycles. The third-order valence-corrected chi connectivity index (χ3v) is 8.41. The minimum Gasteiger partial charge on any atom is -0.365 e. The third-order valence-electron chi connectivity index (χ3n) is 6.75. The van der Waals surface area contributed by atoms with Gasteiger partial charge in [-0.25, -0.2) is 4.98 Å². The van der Waals surface area contributed by atoms with E-state index in [1.807, 2.05) is 49.4 Å². The average molecular weight is 549 g/mol. The van der Waals surface area contributed by atoms with E-state index in [1.54, 1.807) is 0 Å². The Hall–Kier alpha value is -3.03. The van der Waals surface area contributed by atoms with Crippen molar-refractivity contribution in [2.24, 2.45) is 11.7 Å². The number of fused-ring (bicyclic) bond motifs is 2. The van der Waals surface area contributed by atoms with Crippen LogP contribution in [-0.4, -0.2) is 16.8 Å². The fourth-order valence-electron chi connectivity index (χ4n) is 4.86. The highest BCUT2D eigenvalue weighted by Crippen LogP contribution is 2.40. The predicted molar refractivity (Wildman–Crippen MR) is 146 cm³/mol. The fourth-order valence-corrected chi connectivity index (χ4v) is 6.58. The summed E-state index contributed by atoms with van der Waals surface area (Å²) in [5, 5.41) is 4.32. The number of nitrogens with one attached hydrogen (secondary N) is 1. The van der Waals surface area contributed by atoms with Gasteiger partial charge >= 0.3 is 0 Å². The molecular formula is C28H26BrN3O2S. The lowest BCUT2D eigenvalue weighted by molar-refractivity contribution is 0.1000. The second-order valence-electron chi connectivity index (χ2n) is 9.13. The first-order chi connectivity index (χ1) is 16.8. The first-order valence-electron chi connectivity index (χ1n) is 11.8. The van der Waals surface area contributed by atoms with Crippen molar-refractivity contribution in [3.8, 4) is 11.3 Å². The van der Waals surface area contributed by atoms with E-state index in [9.17, 15) is 9.59 Å². The van der Waals surface area contributed by atoms with Gasteiger partial charge < -0.3 is 11.1 Å². The zero-order valence-corrected chi connectivity index (χ0v) is 22.1. The monoisotopic (exact) mass is 547 g/mol. The van der Waals surface area contributed by atoms with E-state index < -0.39 is 5.91 Å². The number of carbonyl (C=O) groups is 2. The zero-order chi connectivity index (χ0) is 24.7. The molecule has 0 aliphatic heterocycles. The van der Waals surface area contributed by atoms with Gasteiger partial charge in [0.1, 0.15) is 5.00 Å². The lowest BCUT2D eigenvalue weighted by Crippen LogP contribution is -2.20. The molecule has 178 valence electrons. The molecule has 0 fully saturated rings. The van der Waals surface area contributed by atoms with Crippen molar-refractivity contribution in [3.05, 3.63) is 80.1 Å². The summed E-state index contributed by atoms with van der Waals surface area (Å²) >= 11 is 5.00. The summed E-state index contributed by atoms with van der Waals surface area (Å²) in [5.41, 5.74) is 11.3. The summed E-state index contributed by atoms with van der Waals surface area (Å²) in [6, 6.07) is 15.6. The Labute approximate surface area is 216 Å². The topological polar surface area (TPSA) is 85.1 Å². The van der Waals surface area contributed by atoms with Gasteiger partial charge in [0.25, 0.3) is 11.8 Å². The number of primary amides is 1. The van der Waals surface area contributed by atoms with Crippen molar-refractivity contribution in [2.45, 2.75) is 39.5 Å². The van der Waals surface area contributed by atoms with Gasteiger partial charge in [0.2, 0.25) is 0 Å². The molecule has 7 heteroatoms. The Morgan fingerprint density at radius 3 is 2.77 bits per heavy atom. The van der Waals surface area contributed by atoms with E-state index in [-0.39, 0.29) is 5.91 Å². The molecule has 2 amide bonds. The molecule has 5 rings (SSSR count). The van der Waals surface area contributed by atoms with E-state index in [1.165, 1.54) is 11.3 Å². The number of hydrogen-bond donors (Lipinski definition) is 2. The number of nitrogens with two attached hydrogens (primary N) is 1. The van der Waals surface area contributed by atoms with Crippen LogP contribution in [0.3, 0.4) is 0 Å². The molecule has 0 saturated carbocycles. The van der Waals surface area contributed by atoms with Crippen LogP contribution in [0, 0.1) is 12.8 Å². The molecule has 2 heterocycles. The number of rotatable bonds is 5. The molecule has 2 aromatic carbocycles. The van der Waals surface area contributed by atoms with Gasteiger partial charge in [0.15, 0.2) is 0 Å². The minimum absolute atomic E-state index is 0.280. The number of aromatic nitrogens is 1. The van der Waals surface area contributed by atoms with Crippen LogP contribution in [0.4, 0.5) is 5.00 Å². The number of aryl methyl sites for hydroxylation is 1. The van der Waals surface area contributed by atoms with E-state index >= 15 is 0 Å². The molecule has 0 radical (unpaired) electrons. The normalized spacial score (nSPS) is 15.1. The second-order valence-corrected chi connectivity index (χ2v) is 11.2. The standard InChI is InChI=1S/C28H26BrN3O2S/c1-3-16-7-9-19-24(12-16)35-28(25(19)26(30)33)32-27(34)21-14-23(17-6-4-5-15(2)11-17)31-22-10-8-18(29)13-20(21)22/h4-6,8,10-11,13-14,16H,3,7,9,12H2,1-2H3,(H2,30,33)(H,32,34)/t16-/m0/s1. The van der Waals surface area contributed by atoms with E-state index in [4.69, 9.17) is 10.7 Å². The van der Waals surface area contributed by atoms with Gasteiger partial charge in [0.05, 0.1) is 22.3 Å². The first-order valence-corrected chi connectivity index (χ1v) is 13.4. The summed E-state index contributed by atoms with van der Waals surface area (Å²) in [5.74, 6) is -0.170. The lowest BCUT2D eigenvalue weighted by Gasteiger charge is -2.20. The minimum atomic E-state index is -0.490. The molecule has 3 N–H and O–H groups in total. The fraction of sp³-hybridized carbons (Fsp3) is 0.250. The molecule has 2 aromatic heterocycles. The highest BCUT2D eigenvalue weighted by Gasteiger charge is 2.28. The number of anilines is 1. The Morgan fingerprint density at radius 2 is 2.03 bits per heavy atom. The zero-order valence-electron chi connectivity index (χ0n) is 19.7. The number of amides is 2. The summed E-state index contributed by atoms with van der Waals surface area (Å²) in [6.07, 6.45) is 3.89. The molecule has 0 unspecified atom stereocenters. The van der Waals surface area contributed by atoms with Crippen molar-refractivity contribution in [1.29, 1.82) is 0 Å². The summed E-state index contributed by atoms with van der Waals surface area (Å²) in [7, 11) is 0. The van der Waals surface area contributed by atoms with E-state index in [0.717, 1.165) is 68.3 Å².